The van der Waals surface area contributed by atoms with E-state index in [1.54, 1.807) is 30.3 Å². The number of ether oxygens (including phenoxy) is 1. The van der Waals surface area contributed by atoms with Crippen LogP contribution in [0.25, 0.3) is 11.0 Å². The molecule has 0 aliphatic carbocycles. The molecule has 1 aromatic heterocycles. The van der Waals surface area contributed by atoms with Crippen LogP contribution in [0.4, 0.5) is 0 Å². The number of halogens is 3. The van der Waals surface area contributed by atoms with Crippen molar-refractivity contribution in [2.24, 2.45) is 0 Å². The van der Waals surface area contributed by atoms with E-state index in [-0.39, 0.29) is 10.5 Å². The SMILES string of the molecule is O=c1c(Cl)coc2cc(OCc3ccc(Cl)c(Cl)c3)ccc12. The molecule has 0 aliphatic rings. The summed E-state index contributed by atoms with van der Waals surface area (Å²) in [4.78, 5) is 11.8. The summed E-state index contributed by atoms with van der Waals surface area (Å²) in [5, 5.41) is 1.43. The second kappa shape index (κ2) is 6.21. The summed E-state index contributed by atoms with van der Waals surface area (Å²) in [5.74, 6) is 0.573. The van der Waals surface area contributed by atoms with Crippen LogP contribution >= 0.6 is 34.8 Å². The number of benzene rings is 2. The second-order valence-corrected chi connectivity index (χ2v) is 5.83. The molecule has 0 saturated heterocycles. The van der Waals surface area contributed by atoms with Gasteiger partial charge in [0, 0.05) is 6.07 Å². The predicted molar refractivity (Wildman–Crippen MR) is 88.3 cm³/mol. The predicted octanol–water partition coefficient (Wildman–Crippen LogP) is 5.33. The van der Waals surface area contributed by atoms with E-state index in [2.05, 4.69) is 0 Å². The zero-order chi connectivity index (χ0) is 15.7. The summed E-state index contributed by atoms with van der Waals surface area (Å²) >= 11 is 17.6. The number of fused-ring (bicyclic) bond motifs is 1. The average Bonchev–Trinajstić information content (AvgIpc) is 2.52. The second-order valence-electron chi connectivity index (χ2n) is 4.61. The van der Waals surface area contributed by atoms with E-state index >= 15 is 0 Å². The summed E-state index contributed by atoms with van der Waals surface area (Å²) < 4.78 is 11.0. The molecular weight excluding hydrogens is 347 g/mol. The Labute approximate surface area is 141 Å². The molecule has 0 amide bonds. The van der Waals surface area contributed by atoms with Crippen molar-refractivity contribution in [3.8, 4) is 5.75 Å². The summed E-state index contributed by atoms with van der Waals surface area (Å²) in [7, 11) is 0. The van der Waals surface area contributed by atoms with Crippen LogP contribution in [0.3, 0.4) is 0 Å². The zero-order valence-corrected chi connectivity index (χ0v) is 13.4. The summed E-state index contributed by atoms with van der Waals surface area (Å²) in [6.07, 6.45) is 1.22. The first kappa shape index (κ1) is 15.2. The molecule has 0 saturated carbocycles. The molecule has 0 spiro atoms. The number of hydrogen-bond donors (Lipinski definition) is 0. The van der Waals surface area contributed by atoms with E-state index < -0.39 is 0 Å². The molecule has 1 heterocycles. The lowest BCUT2D eigenvalue weighted by Gasteiger charge is -2.08. The van der Waals surface area contributed by atoms with Gasteiger partial charge in [0.25, 0.3) is 0 Å². The molecule has 0 bridgehead atoms. The topological polar surface area (TPSA) is 39.4 Å². The smallest absolute Gasteiger partial charge is 0.211 e. The Bertz CT molecular complexity index is 903. The van der Waals surface area contributed by atoms with Crippen LogP contribution in [0.15, 0.2) is 51.9 Å². The van der Waals surface area contributed by atoms with Crippen molar-refractivity contribution in [3.05, 3.63) is 73.5 Å². The summed E-state index contributed by atoms with van der Waals surface area (Å²) in [6, 6.07) is 10.2. The van der Waals surface area contributed by atoms with Gasteiger partial charge in [-0.15, -0.1) is 0 Å². The first-order valence-electron chi connectivity index (χ1n) is 6.32. The molecule has 0 unspecified atom stereocenters. The van der Waals surface area contributed by atoms with Crippen LogP contribution in [-0.2, 0) is 6.61 Å². The maximum absolute atomic E-state index is 11.8. The molecule has 0 N–H and O–H groups in total. The molecule has 2 aromatic carbocycles. The van der Waals surface area contributed by atoms with Crippen molar-refractivity contribution in [1.82, 2.24) is 0 Å². The largest absolute Gasteiger partial charge is 0.489 e. The molecule has 3 nitrogen and oxygen atoms in total. The molecule has 0 radical (unpaired) electrons. The van der Waals surface area contributed by atoms with Crippen LogP contribution in [0.1, 0.15) is 5.56 Å². The molecule has 0 aliphatic heterocycles. The van der Waals surface area contributed by atoms with Crippen molar-refractivity contribution < 1.29 is 9.15 Å². The molecule has 3 rings (SSSR count). The standard InChI is InChI=1S/C16H9Cl3O3/c17-12-4-1-9(5-13(12)18)7-21-10-2-3-11-15(6-10)22-8-14(19)16(11)20/h1-6,8H,7H2. The Hall–Kier alpha value is -1.68. The van der Waals surface area contributed by atoms with E-state index in [4.69, 9.17) is 44.0 Å². The lowest BCUT2D eigenvalue weighted by atomic mass is 10.2. The minimum Gasteiger partial charge on any atom is -0.489 e. The van der Waals surface area contributed by atoms with Crippen molar-refractivity contribution in [2.45, 2.75) is 6.61 Å². The van der Waals surface area contributed by atoms with E-state index in [0.717, 1.165) is 5.56 Å². The van der Waals surface area contributed by atoms with Crippen LogP contribution in [-0.4, -0.2) is 0 Å². The molecule has 112 valence electrons. The quantitative estimate of drug-likeness (QED) is 0.637. The van der Waals surface area contributed by atoms with Gasteiger partial charge in [0.2, 0.25) is 5.43 Å². The van der Waals surface area contributed by atoms with E-state index in [1.807, 2.05) is 6.07 Å². The zero-order valence-electron chi connectivity index (χ0n) is 11.1. The maximum Gasteiger partial charge on any atom is 0.211 e. The fourth-order valence-electron chi connectivity index (χ4n) is 1.97. The molecular formula is C16H9Cl3O3. The fraction of sp³-hybridized carbons (Fsp3) is 0.0625. The highest BCUT2D eigenvalue weighted by Gasteiger charge is 2.07. The van der Waals surface area contributed by atoms with Crippen LogP contribution in [0, 0.1) is 0 Å². The van der Waals surface area contributed by atoms with E-state index in [9.17, 15) is 4.79 Å². The van der Waals surface area contributed by atoms with Gasteiger partial charge in [-0.2, -0.15) is 0 Å². The van der Waals surface area contributed by atoms with Gasteiger partial charge in [-0.05, 0) is 29.8 Å². The van der Waals surface area contributed by atoms with Gasteiger partial charge < -0.3 is 9.15 Å². The van der Waals surface area contributed by atoms with Crippen molar-refractivity contribution in [2.75, 3.05) is 0 Å². The van der Waals surface area contributed by atoms with Crippen molar-refractivity contribution in [1.29, 1.82) is 0 Å². The third-order valence-corrected chi connectivity index (χ3v) is 4.09. The molecule has 0 fully saturated rings. The van der Waals surface area contributed by atoms with Gasteiger partial charge in [-0.25, -0.2) is 0 Å². The summed E-state index contributed by atoms with van der Waals surface area (Å²) in [6.45, 7) is 0.320. The Morgan fingerprint density at radius 3 is 2.55 bits per heavy atom. The average molecular weight is 356 g/mol. The van der Waals surface area contributed by atoms with Crippen LogP contribution < -0.4 is 10.2 Å². The molecule has 22 heavy (non-hydrogen) atoms. The van der Waals surface area contributed by atoms with Gasteiger partial charge in [0.05, 0.1) is 15.4 Å². The van der Waals surface area contributed by atoms with Crippen molar-refractivity contribution in [3.63, 3.8) is 0 Å². The number of rotatable bonds is 3. The molecule has 0 atom stereocenters. The Morgan fingerprint density at radius 2 is 1.77 bits per heavy atom. The highest BCUT2D eigenvalue weighted by Crippen LogP contribution is 2.24. The Kier molecular flexibility index (Phi) is 4.30. The maximum atomic E-state index is 11.8. The van der Waals surface area contributed by atoms with Crippen LogP contribution in [0.5, 0.6) is 5.75 Å². The lowest BCUT2D eigenvalue weighted by Crippen LogP contribution is -2.01. The monoisotopic (exact) mass is 354 g/mol. The minimum absolute atomic E-state index is 0.0528. The number of hydrogen-bond acceptors (Lipinski definition) is 3. The minimum atomic E-state index is -0.265. The van der Waals surface area contributed by atoms with Gasteiger partial charge in [-0.3, -0.25) is 4.79 Å². The van der Waals surface area contributed by atoms with Crippen molar-refractivity contribution >= 4 is 45.8 Å². The highest BCUT2D eigenvalue weighted by molar-refractivity contribution is 6.42. The molecule has 3 aromatic rings. The fourth-order valence-corrected chi connectivity index (χ4v) is 2.44. The highest BCUT2D eigenvalue weighted by atomic mass is 35.5. The first-order valence-corrected chi connectivity index (χ1v) is 7.46. The summed E-state index contributed by atoms with van der Waals surface area (Å²) in [5.41, 5.74) is 1.03. The third-order valence-electron chi connectivity index (χ3n) is 3.09. The van der Waals surface area contributed by atoms with Gasteiger partial charge in [0.15, 0.2) is 0 Å². The van der Waals surface area contributed by atoms with E-state index in [1.165, 1.54) is 6.26 Å². The Balaban J connectivity index is 1.83. The molecule has 6 heteroatoms. The Morgan fingerprint density at radius 1 is 0.955 bits per heavy atom. The normalized spacial score (nSPS) is 10.9. The van der Waals surface area contributed by atoms with Crippen LogP contribution in [0.2, 0.25) is 15.1 Å². The lowest BCUT2D eigenvalue weighted by molar-refractivity contribution is 0.306. The van der Waals surface area contributed by atoms with E-state index in [0.29, 0.717) is 33.4 Å². The third kappa shape index (κ3) is 3.07. The first-order chi connectivity index (χ1) is 10.5. The van der Waals surface area contributed by atoms with Gasteiger partial charge in [-0.1, -0.05) is 40.9 Å². The van der Waals surface area contributed by atoms with Gasteiger partial charge in [0.1, 0.15) is 29.2 Å². The van der Waals surface area contributed by atoms with Gasteiger partial charge >= 0.3 is 0 Å².